The Morgan fingerprint density at radius 1 is 1.16 bits per heavy atom. The summed E-state index contributed by atoms with van der Waals surface area (Å²) in [6.07, 6.45) is 5.35. The van der Waals surface area contributed by atoms with Gasteiger partial charge in [-0.15, -0.1) is 11.3 Å². The summed E-state index contributed by atoms with van der Waals surface area (Å²) in [7, 11) is 0. The van der Waals surface area contributed by atoms with Crippen LogP contribution < -0.4 is 5.32 Å². The molecule has 6 aromatic rings. The molecule has 0 fully saturated rings. The second kappa shape index (κ2) is 9.21. The summed E-state index contributed by atoms with van der Waals surface area (Å²) < 4.78 is 15.2. The Morgan fingerprint density at radius 2 is 2.05 bits per heavy atom. The number of amides is 1. The first-order valence-corrected chi connectivity index (χ1v) is 12.7. The van der Waals surface area contributed by atoms with Crippen LogP contribution in [0.5, 0.6) is 0 Å². The van der Waals surface area contributed by atoms with Crippen LogP contribution in [0.1, 0.15) is 20.3 Å². The molecular formula is C27H22FN7OS. The molecular weight excluding hydrogens is 489 g/mol. The fourth-order valence-electron chi connectivity index (χ4n) is 4.33. The van der Waals surface area contributed by atoms with Crippen LogP contribution in [-0.4, -0.2) is 36.0 Å². The number of carbonyl (C=O) groups is 1. The van der Waals surface area contributed by atoms with E-state index in [0.29, 0.717) is 45.8 Å². The van der Waals surface area contributed by atoms with Gasteiger partial charge in [-0.25, -0.2) is 14.4 Å². The Labute approximate surface area is 215 Å². The van der Waals surface area contributed by atoms with Crippen molar-refractivity contribution in [1.29, 1.82) is 0 Å². The molecule has 8 nitrogen and oxygen atoms in total. The fourth-order valence-corrected chi connectivity index (χ4v) is 5.08. The van der Waals surface area contributed by atoms with Gasteiger partial charge in [0.05, 0.1) is 11.9 Å². The van der Waals surface area contributed by atoms with Gasteiger partial charge in [0.2, 0.25) is 5.91 Å². The van der Waals surface area contributed by atoms with Gasteiger partial charge in [0.25, 0.3) is 0 Å². The van der Waals surface area contributed by atoms with E-state index in [1.54, 1.807) is 36.0 Å². The van der Waals surface area contributed by atoms with E-state index in [0.717, 1.165) is 16.0 Å². The van der Waals surface area contributed by atoms with Gasteiger partial charge in [0.15, 0.2) is 11.5 Å². The molecule has 5 aromatic heterocycles. The maximum absolute atomic E-state index is 15.2. The first-order chi connectivity index (χ1) is 18.0. The number of H-pyrrole nitrogens is 2. The molecule has 5 heterocycles. The lowest BCUT2D eigenvalue weighted by atomic mass is 10.0. The lowest BCUT2D eigenvalue weighted by molar-refractivity contribution is -0.116. The Hall–Kier alpha value is -4.44. The Balaban J connectivity index is 1.41. The molecule has 0 atom stereocenters. The lowest BCUT2D eigenvalue weighted by Gasteiger charge is -2.09. The highest BCUT2D eigenvalue weighted by Crippen LogP contribution is 2.35. The number of aromatic amines is 2. The number of thiophene rings is 1. The van der Waals surface area contributed by atoms with Gasteiger partial charge in [0, 0.05) is 40.2 Å². The van der Waals surface area contributed by atoms with E-state index in [2.05, 4.69) is 30.5 Å². The Bertz CT molecular complexity index is 1750. The highest BCUT2D eigenvalue weighted by molar-refractivity contribution is 7.13. The number of carbonyl (C=O) groups excluding carboxylic acids is 1. The normalized spacial score (nSPS) is 11.6. The number of fused-ring (bicyclic) bond motifs is 2. The number of benzene rings is 1. The van der Waals surface area contributed by atoms with Crippen molar-refractivity contribution < 1.29 is 9.18 Å². The zero-order valence-electron chi connectivity index (χ0n) is 20.0. The van der Waals surface area contributed by atoms with E-state index in [4.69, 9.17) is 4.98 Å². The largest absolute Gasteiger partial charge is 0.325 e. The predicted molar refractivity (Wildman–Crippen MR) is 144 cm³/mol. The molecule has 37 heavy (non-hydrogen) atoms. The fraction of sp³-hybridized carbons (Fsp3) is 0.148. The molecule has 0 radical (unpaired) electrons. The molecule has 10 heteroatoms. The van der Waals surface area contributed by atoms with Crippen molar-refractivity contribution in [3.05, 3.63) is 66.2 Å². The molecule has 0 unspecified atom stereocenters. The van der Waals surface area contributed by atoms with Crippen LogP contribution in [0.25, 0.3) is 55.2 Å². The van der Waals surface area contributed by atoms with Crippen molar-refractivity contribution in [2.75, 3.05) is 5.32 Å². The minimum Gasteiger partial charge on any atom is -0.325 e. The number of imidazole rings is 1. The van der Waals surface area contributed by atoms with Gasteiger partial charge in [-0.2, -0.15) is 5.10 Å². The number of anilines is 1. The van der Waals surface area contributed by atoms with E-state index in [-0.39, 0.29) is 17.3 Å². The second-order valence-electron chi connectivity index (χ2n) is 9.18. The third-order valence-electron chi connectivity index (χ3n) is 5.97. The highest BCUT2D eigenvalue weighted by atomic mass is 32.1. The molecule has 0 saturated carbocycles. The maximum Gasteiger partial charge on any atom is 0.224 e. The molecule has 0 aliphatic carbocycles. The Kier molecular flexibility index (Phi) is 5.72. The molecule has 6 rings (SSSR count). The topological polar surface area (TPSA) is 112 Å². The van der Waals surface area contributed by atoms with Crippen LogP contribution in [0.3, 0.4) is 0 Å². The van der Waals surface area contributed by atoms with E-state index in [1.807, 2.05) is 43.5 Å². The molecule has 1 aromatic carbocycles. The average Bonchev–Trinajstić information content (AvgIpc) is 3.62. The van der Waals surface area contributed by atoms with Gasteiger partial charge in [-0.1, -0.05) is 19.9 Å². The van der Waals surface area contributed by atoms with Crippen molar-refractivity contribution in [3.8, 4) is 33.1 Å². The van der Waals surface area contributed by atoms with Gasteiger partial charge in [-0.05, 0) is 47.2 Å². The van der Waals surface area contributed by atoms with Gasteiger partial charge in [-0.3, -0.25) is 14.9 Å². The number of aromatic nitrogens is 6. The zero-order valence-corrected chi connectivity index (χ0v) is 20.9. The summed E-state index contributed by atoms with van der Waals surface area (Å²) in [6, 6.07) is 11.0. The summed E-state index contributed by atoms with van der Waals surface area (Å²) in [5, 5.41) is 12.6. The highest BCUT2D eigenvalue weighted by Gasteiger charge is 2.19. The number of hydrogen-bond acceptors (Lipinski definition) is 6. The number of rotatable bonds is 6. The quantitative estimate of drug-likeness (QED) is 0.239. The van der Waals surface area contributed by atoms with Crippen molar-refractivity contribution in [3.63, 3.8) is 0 Å². The molecule has 0 aliphatic rings. The molecule has 0 saturated heterocycles. The van der Waals surface area contributed by atoms with Crippen LogP contribution >= 0.6 is 11.3 Å². The molecule has 184 valence electrons. The summed E-state index contributed by atoms with van der Waals surface area (Å²) in [6.45, 7) is 3.96. The SMILES string of the molecule is CC(C)CC(=O)Nc1cncc(-c2cc(F)c3[nH]nc(-c4nc5c(-c6cccs6)ccnc5[nH]4)c3c2)c1. The van der Waals surface area contributed by atoms with E-state index in [9.17, 15) is 4.79 Å². The molecule has 0 bridgehead atoms. The van der Waals surface area contributed by atoms with Crippen LogP contribution in [0, 0.1) is 11.7 Å². The standard InChI is InChI=1S/C27H22FN7OS/c1-14(2)8-22(36)31-17-9-16(12-29-13-17)15-10-19-23(20(28)11-15)34-35-25(19)27-32-24-18(21-4-3-7-37-21)5-6-30-26(24)33-27/h3-7,9-14H,8H2,1-2H3,(H,31,36)(H,34,35)(H,30,32,33). The molecule has 3 N–H and O–H groups in total. The number of halogens is 1. The maximum atomic E-state index is 15.2. The van der Waals surface area contributed by atoms with E-state index in [1.165, 1.54) is 6.07 Å². The minimum absolute atomic E-state index is 0.0897. The van der Waals surface area contributed by atoms with Crippen LogP contribution in [0.4, 0.5) is 10.1 Å². The van der Waals surface area contributed by atoms with Crippen molar-refractivity contribution in [1.82, 2.24) is 30.1 Å². The monoisotopic (exact) mass is 511 g/mol. The van der Waals surface area contributed by atoms with Crippen molar-refractivity contribution in [2.45, 2.75) is 20.3 Å². The van der Waals surface area contributed by atoms with Crippen LogP contribution in [-0.2, 0) is 4.79 Å². The third kappa shape index (κ3) is 4.36. The second-order valence-corrected chi connectivity index (χ2v) is 10.1. The van der Waals surface area contributed by atoms with E-state index < -0.39 is 5.82 Å². The average molecular weight is 512 g/mol. The molecule has 1 amide bonds. The van der Waals surface area contributed by atoms with E-state index >= 15 is 4.39 Å². The zero-order chi connectivity index (χ0) is 25.5. The summed E-state index contributed by atoms with van der Waals surface area (Å²) in [4.78, 5) is 30.0. The Morgan fingerprint density at radius 3 is 2.86 bits per heavy atom. The van der Waals surface area contributed by atoms with Gasteiger partial charge < -0.3 is 10.3 Å². The minimum atomic E-state index is -0.450. The van der Waals surface area contributed by atoms with Gasteiger partial charge >= 0.3 is 0 Å². The summed E-state index contributed by atoms with van der Waals surface area (Å²) >= 11 is 1.62. The predicted octanol–water partition coefficient (Wildman–Crippen LogP) is 6.42. The smallest absolute Gasteiger partial charge is 0.224 e. The summed E-state index contributed by atoms with van der Waals surface area (Å²) in [5.41, 5.74) is 4.91. The van der Waals surface area contributed by atoms with Gasteiger partial charge in [0.1, 0.15) is 22.5 Å². The lowest BCUT2D eigenvalue weighted by Crippen LogP contribution is -2.13. The number of nitrogens with zero attached hydrogens (tertiary/aromatic N) is 4. The van der Waals surface area contributed by atoms with Crippen LogP contribution in [0.15, 0.2) is 60.4 Å². The van der Waals surface area contributed by atoms with Crippen molar-refractivity contribution >= 4 is 45.0 Å². The summed E-state index contributed by atoms with van der Waals surface area (Å²) in [5.74, 6) is 0.186. The van der Waals surface area contributed by atoms with Crippen LogP contribution in [0.2, 0.25) is 0 Å². The number of pyridine rings is 2. The molecule has 0 aliphatic heterocycles. The molecule has 0 spiro atoms. The third-order valence-corrected chi connectivity index (χ3v) is 6.87. The number of nitrogens with one attached hydrogen (secondary N) is 3. The number of hydrogen-bond donors (Lipinski definition) is 3. The van der Waals surface area contributed by atoms with Crippen molar-refractivity contribution in [2.24, 2.45) is 5.92 Å². The first-order valence-electron chi connectivity index (χ1n) is 11.8. The first kappa shape index (κ1) is 23.0.